The third-order valence-corrected chi connectivity index (χ3v) is 3.93. The highest BCUT2D eigenvalue weighted by molar-refractivity contribution is 5.73. The molecule has 1 fully saturated rings. The number of aliphatic hydroxyl groups excluding tert-OH is 1. The number of para-hydroxylation sites is 1. The Morgan fingerprint density at radius 3 is 2.77 bits per heavy atom. The van der Waals surface area contributed by atoms with Gasteiger partial charge in [-0.1, -0.05) is 25.1 Å². The minimum absolute atomic E-state index is 0.0590. The molecule has 2 amide bonds. The number of hydrogen-bond donors (Lipinski definition) is 3. The van der Waals surface area contributed by atoms with E-state index >= 15 is 0 Å². The number of urea groups is 1. The Balaban J connectivity index is 1.82. The molecule has 122 valence electrons. The van der Waals surface area contributed by atoms with E-state index in [1.165, 1.54) is 12.8 Å². The van der Waals surface area contributed by atoms with Crippen LogP contribution in [0.5, 0.6) is 5.75 Å². The zero-order valence-electron chi connectivity index (χ0n) is 13.2. The summed E-state index contributed by atoms with van der Waals surface area (Å²) < 4.78 is 6.05. The van der Waals surface area contributed by atoms with Crippen LogP contribution in [0.1, 0.15) is 38.2 Å². The Morgan fingerprint density at radius 1 is 1.32 bits per heavy atom. The predicted molar refractivity (Wildman–Crippen MR) is 85.8 cm³/mol. The standard InChI is InChI=1S/C17H26N2O3/c1-13(12-20)10-18-17(21)19-11-14-6-2-5-9-16(14)22-15-7-3-4-8-15/h2,5-6,9,13,15,20H,3-4,7-8,10-12H2,1H3,(H2,18,19,21). The summed E-state index contributed by atoms with van der Waals surface area (Å²) in [4.78, 5) is 11.7. The maximum absolute atomic E-state index is 11.7. The van der Waals surface area contributed by atoms with Crippen LogP contribution >= 0.6 is 0 Å². The molecule has 1 unspecified atom stereocenters. The van der Waals surface area contributed by atoms with Crippen LogP contribution in [0, 0.1) is 5.92 Å². The van der Waals surface area contributed by atoms with Crippen molar-refractivity contribution in [2.75, 3.05) is 13.2 Å². The van der Waals surface area contributed by atoms with Gasteiger partial charge >= 0.3 is 6.03 Å². The SMILES string of the molecule is CC(CO)CNC(=O)NCc1ccccc1OC1CCCC1. The van der Waals surface area contributed by atoms with E-state index in [1.807, 2.05) is 31.2 Å². The number of benzene rings is 1. The zero-order valence-corrected chi connectivity index (χ0v) is 13.2. The number of ether oxygens (including phenoxy) is 1. The second-order valence-electron chi connectivity index (χ2n) is 5.98. The predicted octanol–water partition coefficient (Wildman–Crippen LogP) is 2.44. The lowest BCUT2D eigenvalue weighted by Gasteiger charge is -2.17. The highest BCUT2D eigenvalue weighted by Gasteiger charge is 2.17. The van der Waals surface area contributed by atoms with Crippen molar-refractivity contribution in [3.63, 3.8) is 0 Å². The molecule has 3 N–H and O–H groups in total. The topological polar surface area (TPSA) is 70.6 Å². The Bertz CT molecular complexity index is 473. The largest absolute Gasteiger partial charge is 0.490 e. The molecule has 2 rings (SSSR count). The molecule has 1 aliphatic carbocycles. The van der Waals surface area contributed by atoms with Gasteiger partial charge in [-0.25, -0.2) is 4.79 Å². The van der Waals surface area contributed by atoms with Crippen LogP contribution in [0.15, 0.2) is 24.3 Å². The molecule has 0 spiro atoms. The number of carbonyl (C=O) groups is 1. The molecule has 0 saturated heterocycles. The minimum Gasteiger partial charge on any atom is -0.490 e. The summed E-state index contributed by atoms with van der Waals surface area (Å²) in [6.07, 6.45) is 5.00. The summed E-state index contributed by atoms with van der Waals surface area (Å²) in [6, 6.07) is 7.61. The summed E-state index contributed by atoms with van der Waals surface area (Å²) in [5.41, 5.74) is 0.986. The van der Waals surface area contributed by atoms with E-state index in [0.717, 1.165) is 24.2 Å². The van der Waals surface area contributed by atoms with Gasteiger partial charge in [0.05, 0.1) is 6.10 Å². The first-order valence-electron chi connectivity index (χ1n) is 8.06. The minimum atomic E-state index is -0.226. The Morgan fingerprint density at radius 2 is 2.05 bits per heavy atom. The van der Waals surface area contributed by atoms with E-state index in [0.29, 0.717) is 19.2 Å². The quantitative estimate of drug-likeness (QED) is 0.724. The van der Waals surface area contributed by atoms with Gasteiger partial charge in [0.2, 0.25) is 0 Å². The van der Waals surface area contributed by atoms with Gasteiger partial charge in [-0.3, -0.25) is 0 Å². The molecule has 5 nitrogen and oxygen atoms in total. The molecule has 0 bridgehead atoms. The van der Waals surface area contributed by atoms with Gasteiger partial charge in [0, 0.05) is 25.3 Å². The fourth-order valence-corrected chi connectivity index (χ4v) is 2.52. The van der Waals surface area contributed by atoms with Crippen LogP contribution in [0.25, 0.3) is 0 Å². The number of hydrogen-bond acceptors (Lipinski definition) is 3. The highest BCUT2D eigenvalue weighted by atomic mass is 16.5. The van der Waals surface area contributed by atoms with Crippen molar-refractivity contribution in [3.8, 4) is 5.75 Å². The Hall–Kier alpha value is -1.75. The van der Waals surface area contributed by atoms with Gasteiger partial charge in [0.1, 0.15) is 5.75 Å². The third kappa shape index (κ3) is 5.22. The molecule has 5 heteroatoms. The van der Waals surface area contributed by atoms with Gasteiger partial charge in [0.25, 0.3) is 0 Å². The second-order valence-corrected chi connectivity index (χ2v) is 5.98. The second kappa shape index (κ2) is 8.63. The Kier molecular flexibility index (Phi) is 6.52. The fraction of sp³-hybridized carbons (Fsp3) is 0.588. The average molecular weight is 306 g/mol. The summed E-state index contributed by atoms with van der Waals surface area (Å²) in [7, 11) is 0. The van der Waals surface area contributed by atoms with Crippen LogP contribution in [0.4, 0.5) is 4.79 Å². The summed E-state index contributed by atoms with van der Waals surface area (Å²) in [5.74, 6) is 0.919. The Labute approximate surface area is 132 Å². The summed E-state index contributed by atoms with van der Waals surface area (Å²) in [6.45, 7) is 2.84. The van der Waals surface area contributed by atoms with E-state index in [1.54, 1.807) is 0 Å². The lowest BCUT2D eigenvalue weighted by atomic mass is 10.2. The van der Waals surface area contributed by atoms with Gasteiger partial charge in [0.15, 0.2) is 0 Å². The molecule has 0 heterocycles. The molecule has 1 saturated carbocycles. The number of rotatable bonds is 7. The first-order valence-corrected chi connectivity index (χ1v) is 8.06. The number of amides is 2. The van der Waals surface area contributed by atoms with Crippen molar-refractivity contribution in [2.45, 2.75) is 45.3 Å². The van der Waals surface area contributed by atoms with E-state index in [2.05, 4.69) is 10.6 Å². The monoisotopic (exact) mass is 306 g/mol. The van der Waals surface area contributed by atoms with Crippen LogP contribution in [0.3, 0.4) is 0 Å². The average Bonchev–Trinajstić information content (AvgIpc) is 3.04. The van der Waals surface area contributed by atoms with Crippen LogP contribution in [-0.2, 0) is 6.54 Å². The molecule has 1 aromatic rings. The molecule has 0 aliphatic heterocycles. The molecule has 22 heavy (non-hydrogen) atoms. The maximum Gasteiger partial charge on any atom is 0.315 e. The van der Waals surface area contributed by atoms with Gasteiger partial charge in [-0.05, 0) is 37.7 Å². The first-order chi connectivity index (χ1) is 10.7. The van der Waals surface area contributed by atoms with E-state index in [-0.39, 0.29) is 18.6 Å². The van der Waals surface area contributed by atoms with Gasteiger partial charge < -0.3 is 20.5 Å². The van der Waals surface area contributed by atoms with Crippen molar-refractivity contribution in [3.05, 3.63) is 29.8 Å². The zero-order chi connectivity index (χ0) is 15.8. The molecule has 1 aliphatic rings. The van der Waals surface area contributed by atoms with E-state index in [4.69, 9.17) is 9.84 Å². The normalized spacial score (nSPS) is 16.3. The molecular formula is C17H26N2O3. The summed E-state index contributed by atoms with van der Waals surface area (Å²) >= 11 is 0. The van der Waals surface area contributed by atoms with Crippen molar-refractivity contribution in [1.82, 2.24) is 10.6 Å². The summed E-state index contributed by atoms with van der Waals surface area (Å²) in [5, 5.41) is 14.5. The number of aliphatic hydroxyl groups is 1. The van der Waals surface area contributed by atoms with Gasteiger partial charge in [-0.15, -0.1) is 0 Å². The van der Waals surface area contributed by atoms with Crippen LogP contribution in [-0.4, -0.2) is 30.4 Å². The van der Waals surface area contributed by atoms with Crippen LogP contribution in [0.2, 0.25) is 0 Å². The molecular weight excluding hydrogens is 280 g/mol. The van der Waals surface area contributed by atoms with Crippen LogP contribution < -0.4 is 15.4 Å². The molecule has 1 atom stereocenters. The van der Waals surface area contributed by atoms with Crippen molar-refractivity contribution in [2.24, 2.45) is 5.92 Å². The van der Waals surface area contributed by atoms with Gasteiger partial charge in [-0.2, -0.15) is 0 Å². The lowest BCUT2D eigenvalue weighted by molar-refractivity contribution is 0.207. The third-order valence-electron chi connectivity index (χ3n) is 3.93. The molecule has 0 aromatic heterocycles. The van der Waals surface area contributed by atoms with Crippen molar-refractivity contribution < 1.29 is 14.6 Å². The number of nitrogens with one attached hydrogen (secondary N) is 2. The molecule has 0 radical (unpaired) electrons. The maximum atomic E-state index is 11.7. The highest BCUT2D eigenvalue weighted by Crippen LogP contribution is 2.26. The first kappa shape index (κ1) is 16.6. The van der Waals surface area contributed by atoms with E-state index in [9.17, 15) is 4.79 Å². The van der Waals surface area contributed by atoms with Crippen molar-refractivity contribution in [1.29, 1.82) is 0 Å². The van der Waals surface area contributed by atoms with E-state index < -0.39 is 0 Å². The molecule has 1 aromatic carbocycles. The number of carbonyl (C=O) groups excluding carboxylic acids is 1. The fourth-order valence-electron chi connectivity index (χ4n) is 2.52. The van der Waals surface area contributed by atoms with Crippen molar-refractivity contribution >= 4 is 6.03 Å². The smallest absolute Gasteiger partial charge is 0.315 e. The lowest BCUT2D eigenvalue weighted by Crippen LogP contribution is -2.38.